The number of alkyl carbamates (subject to hydrolysis) is 2. The van der Waals surface area contributed by atoms with Crippen LogP contribution in [0.3, 0.4) is 0 Å². The maximum absolute atomic E-state index is 13.8. The molecule has 13 nitrogen and oxygen atoms in total. The summed E-state index contributed by atoms with van der Waals surface area (Å²) < 4.78 is 33.3. The van der Waals surface area contributed by atoms with Crippen LogP contribution in [0, 0.1) is 11.8 Å². The molecule has 1 aliphatic heterocycles. The van der Waals surface area contributed by atoms with Crippen LogP contribution < -0.4 is 10.6 Å². The molecule has 2 aliphatic rings. The third kappa shape index (κ3) is 11.6. The lowest BCUT2D eigenvalue weighted by atomic mass is 9.83. The number of amides is 2. The number of allylic oxidation sites excluding steroid dienone is 1. The molecular formula is C39H48N2O11. The zero-order valence-corrected chi connectivity index (χ0v) is 30.6. The first-order valence-electron chi connectivity index (χ1n) is 17.1. The Morgan fingerprint density at radius 2 is 1.27 bits per heavy atom. The molecule has 0 spiro atoms. The van der Waals surface area contributed by atoms with Gasteiger partial charge in [-0.05, 0) is 64.7 Å². The van der Waals surface area contributed by atoms with E-state index in [4.69, 9.17) is 28.4 Å². The van der Waals surface area contributed by atoms with Crippen LogP contribution in [0.5, 0.6) is 0 Å². The van der Waals surface area contributed by atoms with Gasteiger partial charge in [0.05, 0.1) is 24.9 Å². The molecule has 0 bridgehead atoms. The summed E-state index contributed by atoms with van der Waals surface area (Å²) in [6, 6.07) is 15.9. The van der Waals surface area contributed by atoms with Crippen molar-refractivity contribution in [3.63, 3.8) is 0 Å². The molecule has 2 aromatic rings. The lowest BCUT2D eigenvalue weighted by molar-refractivity contribution is -0.185. The van der Waals surface area contributed by atoms with E-state index in [0.29, 0.717) is 12.0 Å². The third-order valence-corrected chi connectivity index (χ3v) is 8.07. The number of esters is 3. The Morgan fingerprint density at radius 1 is 0.769 bits per heavy atom. The lowest BCUT2D eigenvalue weighted by Gasteiger charge is -2.35. The first-order chi connectivity index (χ1) is 24.5. The standard InChI is InChI=1S/C39H48N2O11/c1-38(2,3)51-36(45)40-29(20-24-14-10-8-11-15-24)33(43)48-22-26-18-19-27-28(32(42)47-7)23-49-35(31(26)27)50-34(44)30(21-25-16-12-9-13-17-25)41-37(46)52-39(4,5)6/h8-18,23,27,29-31,35H,19-22H2,1-7H3,(H,40,45)(H,41,46)/t27-,29+,30+,31-,35+/m1/s1. The molecule has 0 unspecified atom stereocenters. The Hall–Kier alpha value is -5.33. The van der Waals surface area contributed by atoms with Crippen molar-refractivity contribution < 1.29 is 52.4 Å². The number of nitrogens with one attached hydrogen (secondary N) is 2. The third-order valence-electron chi connectivity index (χ3n) is 8.07. The number of fused-ring (bicyclic) bond motifs is 1. The Kier molecular flexibility index (Phi) is 13.1. The number of ether oxygens (including phenoxy) is 6. The summed E-state index contributed by atoms with van der Waals surface area (Å²) in [7, 11) is 1.25. The molecule has 280 valence electrons. The second-order valence-corrected chi connectivity index (χ2v) is 14.5. The highest BCUT2D eigenvalue weighted by Gasteiger charge is 2.47. The van der Waals surface area contributed by atoms with Crippen molar-refractivity contribution in [2.45, 2.75) is 90.4 Å². The average molecular weight is 721 g/mol. The lowest BCUT2D eigenvalue weighted by Crippen LogP contribution is -2.48. The second-order valence-electron chi connectivity index (χ2n) is 14.5. The Balaban J connectivity index is 1.54. The minimum absolute atomic E-state index is 0.0940. The van der Waals surface area contributed by atoms with E-state index in [0.717, 1.165) is 11.1 Å². The van der Waals surface area contributed by atoms with E-state index in [-0.39, 0.29) is 25.0 Å². The fraction of sp³-hybridized carbons (Fsp3) is 0.462. The molecule has 0 fully saturated rings. The summed E-state index contributed by atoms with van der Waals surface area (Å²) in [5.41, 5.74) is 0.680. The molecular weight excluding hydrogens is 672 g/mol. The quantitative estimate of drug-likeness (QED) is 0.166. The Labute approximate surface area is 304 Å². The number of benzene rings is 2. The van der Waals surface area contributed by atoms with E-state index in [2.05, 4.69) is 10.6 Å². The van der Waals surface area contributed by atoms with E-state index in [9.17, 15) is 24.0 Å². The van der Waals surface area contributed by atoms with Gasteiger partial charge in [-0.15, -0.1) is 0 Å². The minimum atomic E-state index is -1.25. The molecule has 52 heavy (non-hydrogen) atoms. The normalized spacial score (nSPS) is 19.2. The van der Waals surface area contributed by atoms with Crippen molar-refractivity contribution in [1.29, 1.82) is 0 Å². The van der Waals surface area contributed by atoms with Gasteiger partial charge >= 0.3 is 30.1 Å². The highest BCUT2D eigenvalue weighted by atomic mass is 16.7. The fourth-order valence-corrected chi connectivity index (χ4v) is 5.83. The van der Waals surface area contributed by atoms with Crippen LogP contribution in [-0.4, -0.2) is 73.4 Å². The Morgan fingerprint density at radius 3 is 1.75 bits per heavy atom. The Bertz CT molecular complexity index is 1640. The first kappa shape index (κ1) is 39.5. The molecule has 0 saturated carbocycles. The minimum Gasteiger partial charge on any atom is -0.466 e. The average Bonchev–Trinajstić information content (AvgIpc) is 3.50. The van der Waals surface area contributed by atoms with Crippen LogP contribution in [0.25, 0.3) is 0 Å². The van der Waals surface area contributed by atoms with Crippen molar-refractivity contribution in [2.75, 3.05) is 13.7 Å². The van der Waals surface area contributed by atoms with Crippen LogP contribution in [0.15, 0.2) is 84.1 Å². The van der Waals surface area contributed by atoms with Crippen molar-refractivity contribution in [3.8, 4) is 0 Å². The van der Waals surface area contributed by atoms with Crippen molar-refractivity contribution in [1.82, 2.24) is 10.6 Å². The smallest absolute Gasteiger partial charge is 0.408 e. The number of carbonyl (C=O) groups excluding carboxylic acids is 5. The fourth-order valence-electron chi connectivity index (χ4n) is 5.83. The van der Waals surface area contributed by atoms with Gasteiger partial charge in [0.25, 0.3) is 6.29 Å². The number of carbonyl (C=O) groups is 5. The highest BCUT2D eigenvalue weighted by molar-refractivity contribution is 5.89. The molecule has 0 aromatic heterocycles. The van der Waals surface area contributed by atoms with Gasteiger partial charge in [0, 0.05) is 18.8 Å². The predicted octanol–water partition coefficient (Wildman–Crippen LogP) is 5.32. The number of methoxy groups -OCH3 is 1. The van der Waals surface area contributed by atoms with E-state index in [1.54, 1.807) is 47.6 Å². The molecule has 0 saturated heterocycles. The number of hydrogen-bond donors (Lipinski definition) is 2. The first-order valence-corrected chi connectivity index (χ1v) is 17.1. The van der Waals surface area contributed by atoms with E-state index in [1.165, 1.54) is 13.4 Å². The molecule has 0 radical (unpaired) electrons. The van der Waals surface area contributed by atoms with Gasteiger partial charge in [0.15, 0.2) is 0 Å². The highest BCUT2D eigenvalue weighted by Crippen LogP contribution is 2.44. The molecule has 4 rings (SSSR count). The molecule has 2 amide bonds. The van der Waals surface area contributed by atoms with Gasteiger partial charge in [0.1, 0.15) is 29.9 Å². The van der Waals surface area contributed by atoms with Gasteiger partial charge in [0.2, 0.25) is 0 Å². The van der Waals surface area contributed by atoms with Crippen molar-refractivity contribution in [3.05, 3.63) is 95.3 Å². The van der Waals surface area contributed by atoms with Crippen LogP contribution in [0.4, 0.5) is 9.59 Å². The summed E-state index contributed by atoms with van der Waals surface area (Å²) in [6.07, 6.45) is 0.730. The van der Waals surface area contributed by atoms with Crippen LogP contribution >= 0.6 is 0 Å². The SMILES string of the molecule is COC(=O)C1=CO[C@@H](OC(=O)[C@H](Cc2ccccc2)NC(=O)OC(C)(C)C)[C@@H]2C(COC(=O)[C@H](Cc3ccccc3)NC(=O)OC(C)(C)C)=CC[C@H]12. The van der Waals surface area contributed by atoms with Crippen molar-refractivity contribution >= 4 is 30.1 Å². The largest absolute Gasteiger partial charge is 0.466 e. The molecule has 2 aromatic carbocycles. The summed E-state index contributed by atoms with van der Waals surface area (Å²) in [5.74, 6) is -3.43. The van der Waals surface area contributed by atoms with Crippen molar-refractivity contribution in [2.24, 2.45) is 11.8 Å². The summed E-state index contributed by atoms with van der Waals surface area (Å²) in [5, 5.41) is 5.23. The molecule has 1 heterocycles. The maximum atomic E-state index is 13.8. The maximum Gasteiger partial charge on any atom is 0.408 e. The topological polar surface area (TPSA) is 165 Å². The molecule has 2 N–H and O–H groups in total. The zero-order chi connectivity index (χ0) is 38.1. The second kappa shape index (κ2) is 17.3. The van der Waals surface area contributed by atoms with Crippen LogP contribution in [-0.2, 0) is 55.6 Å². The summed E-state index contributed by atoms with van der Waals surface area (Å²) in [4.78, 5) is 65.5. The summed E-state index contributed by atoms with van der Waals surface area (Å²) >= 11 is 0. The van der Waals surface area contributed by atoms with E-state index >= 15 is 0 Å². The van der Waals surface area contributed by atoms with Gasteiger partial charge < -0.3 is 39.1 Å². The number of rotatable bonds is 12. The molecule has 13 heteroatoms. The number of hydrogen-bond acceptors (Lipinski definition) is 11. The van der Waals surface area contributed by atoms with E-state index in [1.807, 2.05) is 60.7 Å². The van der Waals surface area contributed by atoms with Crippen LogP contribution in [0.1, 0.15) is 59.1 Å². The molecule has 1 aliphatic carbocycles. The molecule has 5 atom stereocenters. The zero-order valence-electron chi connectivity index (χ0n) is 30.6. The summed E-state index contributed by atoms with van der Waals surface area (Å²) in [6.45, 7) is 10.00. The van der Waals surface area contributed by atoms with Gasteiger partial charge in [-0.2, -0.15) is 0 Å². The van der Waals surface area contributed by atoms with Gasteiger partial charge in [-0.1, -0.05) is 66.7 Å². The van der Waals surface area contributed by atoms with Gasteiger partial charge in [-0.25, -0.2) is 24.0 Å². The monoisotopic (exact) mass is 720 g/mol. The van der Waals surface area contributed by atoms with Gasteiger partial charge in [-0.3, -0.25) is 0 Å². The van der Waals surface area contributed by atoms with E-state index < -0.39 is 71.5 Å². The predicted molar refractivity (Wildman–Crippen MR) is 188 cm³/mol. The van der Waals surface area contributed by atoms with Crippen LogP contribution in [0.2, 0.25) is 0 Å².